The molecule has 0 aromatic heterocycles. The van der Waals surface area contributed by atoms with Crippen LogP contribution in [0.1, 0.15) is 33.1 Å². The van der Waals surface area contributed by atoms with Crippen LogP contribution < -0.4 is 0 Å². The Morgan fingerprint density at radius 3 is 2.43 bits per heavy atom. The third-order valence-corrected chi connectivity index (χ3v) is 2.84. The van der Waals surface area contributed by atoms with Gasteiger partial charge in [0, 0.05) is 13.1 Å². The summed E-state index contributed by atoms with van der Waals surface area (Å²) in [6, 6.07) is 0.377. The lowest BCUT2D eigenvalue weighted by molar-refractivity contribution is 0.106. The summed E-state index contributed by atoms with van der Waals surface area (Å²) in [6.45, 7) is 4.39. The molecule has 0 aromatic rings. The summed E-state index contributed by atoms with van der Waals surface area (Å²) in [5.74, 6) is 1.34. The lowest BCUT2D eigenvalue weighted by Crippen LogP contribution is -2.39. The minimum atomic E-state index is -0.206. The van der Waals surface area contributed by atoms with E-state index in [1.807, 2.05) is 7.05 Å². The van der Waals surface area contributed by atoms with Crippen molar-refractivity contribution in [2.45, 2.75) is 39.2 Å². The average molecular weight is 199 g/mol. The number of methoxy groups -OCH3 is 1. The summed E-state index contributed by atoms with van der Waals surface area (Å²) in [5.41, 5.74) is 0. The summed E-state index contributed by atoms with van der Waals surface area (Å²) in [4.78, 5) is 13.1. The Kier molecular flexibility index (Phi) is 3.78. The van der Waals surface area contributed by atoms with E-state index in [2.05, 4.69) is 13.8 Å². The molecule has 3 nitrogen and oxygen atoms in total. The predicted octanol–water partition coefficient (Wildman–Crippen LogP) is 2.51. The quantitative estimate of drug-likeness (QED) is 0.696. The van der Waals surface area contributed by atoms with E-state index >= 15 is 0 Å². The van der Waals surface area contributed by atoms with Gasteiger partial charge in [0.1, 0.15) is 0 Å². The Balaban J connectivity index is 2.52. The van der Waals surface area contributed by atoms with Gasteiger partial charge in [-0.3, -0.25) is 0 Å². The van der Waals surface area contributed by atoms with E-state index in [9.17, 15) is 4.79 Å². The second-order valence-electron chi connectivity index (χ2n) is 4.62. The monoisotopic (exact) mass is 199 g/mol. The number of nitrogens with zero attached hydrogens (tertiary/aromatic N) is 1. The number of hydrogen-bond acceptors (Lipinski definition) is 2. The van der Waals surface area contributed by atoms with E-state index in [1.165, 1.54) is 20.0 Å². The van der Waals surface area contributed by atoms with Gasteiger partial charge in [0.15, 0.2) is 0 Å². The maximum absolute atomic E-state index is 11.4. The molecule has 1 unspecified atom stereocenters. The van der Waals surface area contributed by atoms with Crippen molar-refractivity contribution in [1.82, 2.24) is 4.90 Å². The van der Waals surface area contributed by atoms with Gasteiger partial charge in [-0.05, 0) is 31.1 Å². The van der Waals surface area contributed by atoms with E-state index < -0.39 is 0 Å². The van der Waals surface area contributed by atoms with Crippen molar-refractivity contribution in [3.8, 4) is 0 Å². The van der Waals surface area contributed by atoms with Gasteiger partial charge >= 0.3 is 6.09 Å². The van der Waals surface area contributed by atoms with Crippen LogP contribution in [0, 0.1) is 11.8 Å². The highest BCUT2D eigenvalue weighted by molar-refractivity contribution is 5.67. The zero-order valence-corrected chi connectivity index (χ0v) is 9.62. The van der Waals surface area contributed by atoms with Crippen molar-refractivity contribution in [3.05, 3.63) is 0 Å². The van der Waals surface area contributed by atoms with E-state index in [0.717, 1.165) is 6.42 Å². The second-order valence-corrected chi connectivity index (χ2v) is 4.62. The maximum atomic E-state index is 11.4. The first-order chi connectivity index (χ1) is 6.56. The molecule has 0 aromatic carbocycles. The van der Waals surface area contributed by atoms with E-state index in [1.54, 1.807) is 4.90 Å². The molecule has 1 fully saturated rings. The summed E-state index contributed by atoms with van der Waals surface area (Å²) in [5, 5.41) is 0. The summed E-state index contributed by atoms with van der Waals surface area (Å²) in [6.07, 6.45) is 3.40. The maximum Gasteiger partial charge on any atom is 0.409 e. The van der Waals surface area contributed by atoms with E-state index in [4.69, 9.17) is 4.74 Å². The largest absolute Gasteiger partial charge is 0.453 e. The Morgan fingerprint density at radius 2 is 2.07 bits per heavy atom. The van der Waals surface area contributed by atoms with Crippen molar-refractivity contribution < 1.29 is 9.53 Å². The highest BCUT2D eigenvalue weighted by Gasteiger charge is 2.36. The Hall–Kier alpha value is -0.730. The average Bonchev–Trinajstić information content (AvgIpc) is 2.94. The minimum Gasteiger partial charge on any atom is -0.453 e. The van der Waals surface area contributed by atoms with Crippen LogP contribution in [0.15, 0.2) is 0 Å². The normalized spacial score (nSPS) is 18.1. The molecule has 1 aliphatic rings. The molecule has 82 valence electrons. The van der Waals surface area contributed by atoms with Crippen LogP contribution in [-0.4, -0.2) is 31.2 Å². The van der Waals surface area contributed by atoms with Crippen LogP contribution in [-0.2, 0) is 4.74 Å². The molecule has 0 heterocycles. The Labute approximate surface area is 86.4 Å². The molecule has 0 spiro atoms. The molecular formula is C11H21NO2. The van der Waals surface area contributed by atoms with Crippen LogP contribution in [0.4, 0.5) is 4.79 Å². The van der Waals surface area contributed by atoms with Gasteiger partial charge in [-0.2, -0.15) is 0 Å². The lowest BCUT2D eigenvalue weighted by atomic mass is 9.99. The van der Waals surface area contributed by atoms with Crippen molar-refractivity contribution in [1.29, 1.82) is 0 Å². The summed E-state index contributed by atoms with van der Waals surface area (Å²) >= 11 is 0. The van der Waals surface area contributed by atoms with Crippen LogP contribution in [0.5, 0.6) is 0 Å². The Bertz CT molecular complexity index is 199. The van der Waals surface area contributed by atoms with Gasteiger partial charge < -0.3 is 9.64 Å². The zero-order valence-electron chi connectivity index (χ0n) is 9.62. The van der Waals surface area contributed by atoms with Gasteiger partial charge in [0.2, 0.25) is 0 Å². The molecule has 1 rings (SSSR count). The molecule has 1 aliphatic carbocycles. The van der Waals surface area contributed by atoms with E-state index in [-0.39, 0.29) is 6.09 Å². The second kappa shape index (κ2) is 4.67. The van der Waals surface area contributed by atoms with Gasteiger partial charge in [-0.1, -0.05) is 13.8 Å². The number of amides is 1. The molecule has 1 amide bonds. The third-order valence-electron chi connectivity index (χ3n) is 2.84. The first-order valence-corrected chi connectivity index (χ1v) is 5.37. The number of hydrogen-bond donors (Lipinski definition) is 0. The zero-order chi connectivity index (χ0) is 10.7. The van der Waals surface area contributed by atoms with Crippen LogP contribution in [0.2, 0.25) is 0 Å². The molecule has 0 N–H and O–H groups in total. The fourth-order valence-electron chi connectivity index (χ4n) is 1.91. The van der Waals surface area contributed by atoms with Crippen molar-refractivity contribution in [3.63, 3.8) is 0 Å². The number of carbonyl (C=O) groups excluding carboxylic acids is 1. The molecule has 1 saturated carbocycles. The molecule has 0 saturated heterocycles. The summed E-state index contributed by atoms with van der Waals surface area (Å²) < 4.78 is 4.74. The molecule has 0 bridgehead atoms. The lowest BCUT2D eigenvalue weighted by Gasteiger charge is -2.28. The van der Waals surface area contributed by atoms with Crippen LogP contribution >= 0.6 is 0 Å². The third kappa shape index (κ3) is 2.89. The van der Waals surface area contributed by atoms with Gasteiger partial charge in [-0.15, -0.1) is 0 Å². The predicted molar refractivity (Wildman–Crippen MR) is 56.1 cm³/mol. The van der Waals surface area contributed by atoms with Crippen molar-refractivity contribution >= 4 is 6.09 Å². The fourth-order valence-corrected chi connectivity index (χ4v) is 1.91. The van der Waals surface area contributed by atoms with Crippen LogP contribution in [0.25, 0.3) is 0 Å². The van der Waals surface area contributed by atoms with E-state index in [0.29, 0.717) is 17.9 Å². The van der Waals surface area contributed by atoms with Gasteiger partial charge in [-0.25, -0.2) is 4.79 Å². The molecule has 14 heavy (non-hydrogen) atoms. The number of carbonyl (C=O) groups is 1. The fraction of sp³-hybridized carbons (Fsp3) is 0.909. The molecule has 3 heteroatoms. The van der Waals surface area contributed by atoms with Gasteiger partial charge in [0.05, 0.1) is 7.11 Å². The smallest absolute Gasteiger partial charge is 0.409 e. The minimum absolute atomic E-state index is 0.206. The van der Waals surface area contributed by atoms with Crippen LogP contribution in [0.3, 0.4) is 0 Å². The number of ether oxygens (including phenoxy) is 1. The first-order valence-electron chi connectivity index (χ1n) is 5.37. The molecular weight excluding hydrogens is 178 g/mol. The van der Waals surface area contributed by atoms with Crippen molar-refractivity contribution in [2.75, 3.05) is 14.2 Å². The highest BCUT2D eigenvalue weighted by Crippen LogP contribution is 2.37. The standard InChI is InChI=1S/C11H21NO2/c1-8(2)7-10(9-5-6-9)12(3)11(13)14-4/h8-10H,5-7H2,1-4H3. The Morgan fingerprint density at radius 1 is 1.50 bits per heavy atom. The van der Waals surface area contributed by atoms with Crippen molar-refractivity contribution in [2.24, 2.45) is 11.8 Å². The van der Waals surface area contributed by atoms with Gasteiger partial charge in [0.25, 0.3) is 0 Å². The number of rotatable bonds is 4. The molecule has 0 radical (unpaired) electrons. The SMILES string of the molecule is COC(=O)N(C)C(CC(C)C)C1CC1. The highest BCUT2D eigenvalue weighted by atomic mass is 16.5. The molecule has 0 aliphatic heterocycles. The first kappa shape index (κ1) is 11.3. The molecule has 1 atom stereocenters. The summed E-state index contributed by atoms with van der Waals surface area (Å²) in [7, 11) is 3.29. The topological polar surface area (TPSA) is 29.5 Å².